The lowest BCUT2D eigenvalue weighted by Gasteiger charge is -2.33. The normalized spacial score (nSPS) is 11.8. The van der Waals surface area contributed by atoms with Crippen LogP contribution in [0.25, 0.3) is 0 Å². The number of rotatable bonds is 6. The van der Waals surface area contributed by atoms with Crippen LogP contribution in [0.15, 0.2) is 24.3 Å². The average molecular weight is 340 g/mol. The van der Waals surface area contributed by atoms with E-state index in [9.17, 15) is 9.59 Å². The van der Waals surface area contributed by atoms with Crippen LogP contribution in [0.3, 0.4) is 0 Å². The molecule has 0 saturated heterocycles. The van der Waals surface area contributed by atoms with Crippen molar-refractivity contribution in [3.05, 3.63) is 29.8 Å². The van der Waals surface area contributed by atoms with Crippen molar-refractivity contribution in [3.63, 3.8) is 0 Å². The Morgan fingerprint density at radius 1 is 1.09 bits per heavy atom. The van der Waals surface area contributed by atoms with Gasteiger partial charge in [0.05, 0.1) is 6.04 Å². The predicted octanol–water partition coefficient (Wildman–Crippen LogP) is 2.24. The first-order chi connectivity index (χ1) is 10.2. The molecule has 1 atom stereocenters. The van der Waals surface area contributed by atoms with E-state index in [1.807, 2.05) is 39.8 Å². The van der Waals surface area contributed by atoms with E-state index >= 15 is 0 Å². The highest BCUT2D eigenvalue weighted by molar-refractivity contribution is 7.59. The summed E-state index contributed by atoms with van der Waals surface area (Å²) in [7, 11) is 0. The van der Waals surface area contributed by atoms with Crippen molar-refractivity contribution in [2.24, 2.45) is 5.73 Å². The number of nitrogens with zero attached hydrogens (tertiary/aromatic N) is 1. The molecular weight excluding hydrogens is 312 g/mol. The first-order valence-electron chi connectivity index (χ1n) is 7.57. The molecule has 0 bridgehead atoms. The summed E-state index contributed by atoms with van der Waals surface area (Å²) in [4.78, 5) is 25.2. The monoisotopic (exact) mass is 340 g/mol. The topological polar surface area (TPSA) is 72.6 Å². The minimum atomic E-state index is -0.579. The molecule has 130 valence electrons. The summed E-state index contributed by atoms with van der Waals surface area (Å²) in [5.41, 5.74) is 7.00. The summed E-state index contributed by atoms with van der Waals surface area (Å²) in [6.07, 6.45) is 0.453. The number of amides is 1. The number of hydrogen-bond donors (Lipinski definition) is 1. The Labute approximate surface area is 145 Å². The maximum Gasteiger partial charge on any atom is 0.308 e. The van der Waals surface area contributed by atoms with E-state index in [0.29, 0.717) is 12.2 Å². The van der Waals surface area contributed by atoms with Gasteiger partial charge in [0.25, 0.3) is 0 Å². The Morgan fingerprint density at radius 2 is 1.57 bits per heavy atom. The molecule has 0 heterocycles. The first-order valence-corrected chi connectivity index (χ1v) is 7.57. The van der Waals surface area contributed by atoms with Crippen molar-refractivity contribution < 1.29 is 14.3 Å². The summed E-state index contributed by atoms with van der Waals surface area (Å²) in [5.74, 6) is 0.0836. The molecule has 6 heteroatoms. The van der Waals surface area contributed by atoms with E-state index in [1.165, 1.54) is 6.92 Å². The highest BCUT2D eigenvalue weighted by Gasteiger charge is 2.25. The molecule has 2 N–H and O–H groups in total. The molecule has 0 unspecified atom stereocenters. The van der Waals surface area contributed by atoms with Crippen molar-refractivity contribution in [2.45, 2.75) is 59.2 Å². The van der Waals surface area contributed by atoms with Crippen LogP contribution in [0.1, 0.15) is 40.2 Å². The summed E-state index contributed by atoms with van der Waals surface area (Å²) in [6, 6.07) is 6.70. The Hall–Kier alpha value is -1.53. The van der Waals surface area contributed by atoms with Gasteiger partial charge in [-0.25, -0.2) is 0 Å². The van der Waals surface area contributed by atoms with Crippen molar-refractivity contribution in [2.75, 3.05) is 0 Å². The zero-order chi connectivity index (χ0) is 16.9. The van der Waals surface area contributed by atoms with Crippen LogP contribution in [-0.2, 0) is 16.0 Å². The third kappa shape index (κ3) is 6.62. The number of nitrogens with two attached hydrogens (primary N) is 1. The van der Waals surface area contributed by atoms with Crippen LogP contribution in [0, 0.1) is 0 Å². The fourth-order valence-corrected chi connectivity index (χ4v) is 2.50. The molecule has 1 aromatic carbocycles. The number of benzene rings is 1. The Kier molecular flexibility index (Phi) is 8.94. The predicted molar refractivity (Wildman–Crippen MR) is 96.9 cm³/mol. The lowest BCUT2D eigenvalue weighted by molar-refractivity contribution is -0.136. The second-order valence-corrected chi connectivity index (χ2v) is 5.98. The summed E-state index contributed by atoms with van der Waals surface area (Å²) >= 11 is 0. The van der Waals surface area contributed by atoms with Crippen LogP contribution < -0.4 is 10.5 Å². The second kappa shape index (κ2) is 9.57. The van der Waals surface area contributed by atoms with Gasteiger partial charge in [-0.3, -0.25) is 9.59 Å². The van der Waals surface area contributed by atoms with Crippen molar-refractivity contribution in [3.8, 4) is 5.75 Å². The van der Waals surface area contributed by atoms with Gasteiger partial charge >= 0.3 is 5.97 Å². The standard InChI is InChI=1S/C17H26N2O3.H2S/c1-11(2)19(12(3)4)17(21)16(18)10-14-6-8-15(9-7-14)22-13(5)20;/h6-9,11-12,16H,10,18H2,1-5H3;1H2/t16-;/m0./s1. The molecule has 0 saturated carbocycles. The SMILES string of the molecule is CC(=O)Oc1ccc(C[C@H](N)C(=O)N(C(C)C)C(C)C)cc1.S. The molecule has 1 rings (SSSR count). The fraction of sp³-hybridized carbons (Fsp3) is 0.529. The third-order valence-corrected chi connectivity index (χ3v) is 3.32. The van der Waals surface area contributed by atoms with Gasteiger partial charge in [0.2, 0.25) is 5.91 Å². The summed E-state index contributed by atoms with van der Waals surface area (Å²) < 4.78 is 4.98. The number of carbonyl (C=O) groups is 2. The zero-order valence-corrected chi connectivity index (χ0v) is 15.5. The minimum absolute atomic E-state index is 0. The van der Waals surface area contributed by atoms with Crippen LogP contribution in [0.4, 0.5) is 0 Å². The molecule has 23 heavy (non-hydrogen) atoms. The van der Waals surface area contributed by atoms with Crippen LogP contribution >= 0.6 is 13.5 Å². The molecule has 5 nitrogen and oxygen atoms in total. The molecule has 0 aromatic heterocycles. The van der Waals surface area contributed by atoms with Gasteiger partial charge in [0.15, 0.2) is 0 Å². The van der Waals surface area contributed by atoms with E-state index in [4.69, 9.17) is 10.5 Å². The van der Waals surface area contributed by atoms with E-state index in [0.717, 1.165) is 5.56 Å². The van der Waals surface area contributed by atoms with Crippen LogP contribution in [-0.4, -0.2) is 34.9 Å². The maximum absolute atomic E-state index is 12.5. The van der Waals surface area contributed by atoms with Gasteiger partial charge in [-0.05, 0) is 51.8 Å². The molecule has 0 radical (unpaired) electrons. The van der Waals surface area contributed by atoms with Gasteiger partial charge in [-0.15, -0.1) is 0 Å². The molecule has 0 spiro atoms. The highest BCUT2D eigenvalue weighted by atomic mass is 32.1. The minimum Gasteiger partial charge on any atom is -0.427 e. The van der Waals surface area contributed by atoms with Gasteiger partial charge in [0, 0.05) is 19.0 Å². The quantitative estimate of drug-likeness (QED) is 0.637. The molecular formula is C17H28N2O3S. The van der Waals surface area contributed by atoms with Gasteiger partial charge < -0.3 is 15.4 Å². The largest absolute Gasteiger partial charge is 0.427 e. The number of carbonyl (C=O) groups excluding carboxylic acids is 2. The van der Waals surface area contributed by atoms with E-state index < -0.39 is 6.04 Å². The Bertz CT molecular complexity index is 507. The van der Waals surface area contributed by atoms with E-state index in [2.05, 4.69) is 0 Å². The highest BCUT2D eigenvalue weighted by Crippen LogP contribution is 2.15. The van der Waals surface area contributed by atoms with Gasteiger partial charge in [-0.1, -0.05) is 12.1 Å². The van der Waals surface area contributed by atoms with Crippen molar-refractivity contribution in [1.82, 2.24) is 4.90 Å². The average Bonchev–Trinajstić information content (AvgIpc) is 2.39. The fourth-order valence-electron chi connectivity index (χ4n) is 2.50. The lowest BCUT2D eigenvalue weighted by Crippen LogP contribution is -2.50. The van der Waals surface area contributed by atoms with Crippen molar-refractivity contribution in [1.29, 1.82) is 0 Å². The van der Waals surface area contributed by atoms with E-state index in [1.54, 1.807) is 17.0 Å². The summed E-state index contributed by atoms with van der Waals surface area (Å²) in [6.45, 7) is 9.29. The zero-order valence-electron chi connectivity index (χ0n) is 14.5. The van der Waals surface area contributed by atoms with E-state index in [-0.39, 0.29) is 37.5 Å². The summed E-state index contributed by atoms with van der Waals surface area (Å²) in [5, 5.41) is 0. The first kappa shape index (κ1) is 21.5. The number of esters is 1. The third-order valence-electron chi connectivity index (χ3n) is 3.32. The van der Waals surface area contributed by atoms with Crippen molar-refractivity contribution >= 4 is 25.4 Å². The molecule has 0 aliphatic heterocycles. The van der Waals surface area contributed by atoms with Crippen LogP contribution in [0.2, 0.25) is 0 Å². The second-order valence-electron chi connectivity index (χ2n) is 5.98. The molecule has 0 aliphatic rings. The maximum atomic E-state index is 12.5. The lowest BCUT2D eigenvalue weighted by atomic mass is 10.0. The number of hydrogen-bond acceptors (Lipinski definition) is 4. The van der Waals surface area contributed by atoms with Gasteiger partial charge in [0.1, 0.15) is 5.75 Å². The number of ether oxygens (including phenoxy) is 1. The molecule has 1 amide bonds. The molecule has 0 aliphatic carbocycles. The molecule has 0 fully saturated rings. The smallest absolute Gasteiger partial charge is 0.308 e. The molecule has 1 aromatic rings. The van der Waals surface area contributed by atoms with Gasteiger partial charge in [-0.2, -0.15) is 13.5 Å². The Morgan fingerprint density at radius 3 is 1.96 bits per heavy atom. The van der Waals surface area contributed by atoms with Crippen LogP contribution in [0.5, 0.6) is 5.75 Å². The Balaban J connectivity index is 0.00000484.